The zero-order valence-corrected chi connectivity index (χ0v) is 8.91. The summed E-state index contributed by atoms with van der Waals surface area (Å²) >= 11 is 0. The molecular formula is C11H12F2O3. The maximum Gasteiger partial charge on any atom is 0.337 e. The number of esters is 1. The Bertz CT molecular complexity index is 389. The normalized spacial score (nSPS) is 12.6. The second kappa shape index (κ2) is 5.03. The highest BCUT2D eigenvalue weighted by Gasteiger charge is 2.18. The lowest BCUT2D eigenvalue weighted by atomic mass is 10.0. The van der Waals surface area contributed by atoms with Gasteiger partial charge in [0.2, 0.25) is 0 Å². The molecule has 3 nitrogen and oxygen atoms in total. The first-order valence-corrected chi connectivity index (χ1v) is 4.65. The van der Waals surface area contributed by atoms with Gasteiger partial charge in [0, 0.05) is 5.56 Å². The van der Waals surface area contributed by atoms with Gasteiger partial charge in [-0.1, -0.05) is 6.07 Å². The molecular weight excluding hydrogens is 218 g/mol. The minimum absolute atomic E-state index is 0.0437. The highest BCUT2D eigenvalue weighted by atomic mass is 19.3. The van der Waals surface area contributed by atoms with Crippen LogP contribution in [0.15, 0.2) is 18.2 Å². The standard InChI is InChI=1S/C11H12F2O3/c1-6(14)8-4-3-7(11(15)16-2)5-9(8)10(12)13/h3-6,10,14H,1-2H3/t6-/m0/s1. The third-order valence-electron chi connectivity index (χ3n) is 2.19. The van der Waals surface area contributed by atoms with Crippen molar-refractivity contribution < 1.29 is 23.4 Å². The molecule has 0 heterocycles. The number of methoxy groups -OCH3 is 1. The van der Waals surface area contributed by atoms with Crippen molar-refractivity contribution in [3.8, 4) is 0 Å². The number of rotatable bonds is 3. The van der Waals surface area contributed by atoms with Crippen molar-refractivity contribution >= 4 is 5.97 Å². The van der Waals surface area contributed by atoms with Gasteiger partial charge in [-0.25, -0.2) is 13.6 Å². The molecule has 0 unspecified atom stereocenters. The van der Waals surface area contributed by atoms with Crippen LogP contribution in [0, 0.1) is 0 Å². The Balaban J connectivity index is 3.22. The lowest BCUT2D eigenvalue weighted by Gasteiger charge is -2.12. The lowest BCUT2D eigenvalue weighted by Crippen LogP contribution is -2.05. The minimum atomic E-state index is -2.74. The number of hydrogen-bond donors (Lipinski definition) is 1. The van der Waals surface area contributed by atoms with E-state index in [1.165, 1.54) is 26.2 Å². The first-order chi connectivity index (χ1) is 7.47. The fourth-order valence-electron chi connectivity index (χ4n) is 1.39. The largest absolute Gasteiger partial charge is 0.465 e. The highest BCUT2D eigenvalue weighted by Crippen LogP contribution is 2.28. The smallest absolute Gasteiger partial charge is 0.337 e. The summed E-state index contributed by atoms with van der Waals surface area (Å²) in [5.41, 5.74) is -0.192. The van der Waals surface area contributed by atoms with Gasteiger partial charge in [-0.2, -0.15) is 0 Å². The Labute approximate surface area is 91.7 Å². The molecule has 0 radical (unpaired) electrons. The number of aliphatic hydroxyl groups excluding tert-OH is 1. The molecule has 88 valence electrons. The Morgan fingerprint density at radius 3 is 2.44 bits per heavy atom. The van der Waals surface area contributed by atoms with Gasteiger partial charge in [-0.3, -0.25) is 0 Å². The molecule has 0 aliphatic heterocycles. The molecule has 1 aromatic carbocycles. The number of carbonyl (C=O) groups excluding carboxylic acids is 1. The van der Waals surface area contributed by atoms with Gasteiger partial charge >= 0.3 is 5.97 Å². The van der Waals surface area contributed by atoms with Crippen LogP contribution < -0.4 is 0 Å². The summed E-state index contributed by atoms with van der Waals surface area (Å²) in [4.78, 5) is 11.1. The molecule has 16 heavy (non-hydrogen) atoms. The Kier molecular flexibility index (Phi) is 3.95. The summed E-state index contributed by atoms with van der Waals surface area (Å²) in [7, 11) is 1.17. The maximum absolute atomic E-state index is 12.7. The molecule has 0 bridgehead atoms. The van der Waals surface area contributed by atoms with E-state index in [4.69, 9.17) is 0 Å². The van der Waals surface area contributed by atoms with Crippen LogP contribution in [0.1, 0.15) is 40.9 Å². The molecule has 0 aromatic heterocycles. The summed E-state index contributed by atoms with van der Waals surface area (Å²) in [5, 5.41) is 9.29. The molecule has 1 aromatic rings. The number of halogens is 2. The SMILES string of the molecule is COC(=O)c1ccc([C@H](C)O)c(C(F)F)c1. The van der Waals surface area contributed by atoms with Crippen molar-refractivity contribution in [3.63, 3.8) is 0 Å². The number of carbonyl (C=O) groups is 1. The van der Waals surface area contributed by atoms with E-state index in [9.17, 15) is 18.7 Å². The van der Waals surface area contributed by atoms with Crippen molar-refractivity contribution in [3.05, 3.63) is 34.9 Å². The fourth-order valence-corrected chi connectivity index (χ4v) is 1.39. The second-order valence-corrected chi connectivity index (χ2v) is 3.31. The number of hydrogen-bond acceptors (Lipinski definition) is 3. The van der Waals surface area contributed by atoms with Gasteiger partial charge in [0.15, 0.2) is 0 Å². The third-order valence-corrected chi connectivity index (χ3v) is 2.19. The Hall–Kier alpha value is -1.49. The van der Waals surface area contributed by atoms with Crippen LogP contribution in [0.25, 0.3) is 0 Å². The predicted octanol–water partition coefficient (Wildman–Crippen LogP) is 2.46. The molecule has 0 saturated heterocycles. The van der Waals surface area contributed by atoms with Crippen molar-refractivity contribution in [2.75, 3.05) is 7.11 Å². The summed E-state index contributed by atoms with van der Waals surface area (Å²) < 4.78 is 29.8. The van der Waals surface area contributed by atoms with Gasteiger partial charge in [0.1, 0.15) is 0 Å². The number of benzene rings is 1. The van der Waals surface area contributed by atoms with E-state index in [0.29, 0.717) is 0 Å². The van der Waals surface area contributed by atoms with Crippen LogP contribution in [-0.2, 0) is 4.74 Å². The van der Waals surface area contributed by atoms with Crippen LogP contribution in [0.4, 0.5) is 8.78 Å². The average Bonchev–Trinajstić information content (AvgIpc) is 2.26. The van der Waals surface area contributed by atoms with Crippen LogP contribution in [0.2, 0.25) is 0 Å². The molecule has 0 spiro atoms. The van der Waals surface area contributed by atoms with Crippen LogP contribution >= 0.6 is 0 Å². The monoisotopic (exact) mass is 230 g/mol. The van der Waals surface area contributed by atoms with Crippen LogP contribution in [-0.4, -0.2) is 18.2 Å². The van der Waals surface area contributed by atoms with E-state index in [2.05, 4.69) is 4.74 Å². The zero-order valence-electron chi connectivity index (χ0n) is 8.91. The molecule has 0 aliphatic carbocycles. The molecule has 0 fully saturated rings. The minimum Gasteiger partial charge on any atom is -0.465 e. The van der Waals surface area contributed by atoms with Crippen molar-refractivity contribution in [2.45, 2.75) is 19.5 Å². The number of aliphatic hydroxyl groups is 1. The van der Waals surface area contributed by atoms with Crippen molar-refractivity contribution in [1.29, 1.82) is 0 Å². The third kappa shape index (κ3) is 2.55. The van der Waals surface area contributed by atoms with Crippen molar-refractivity contribution in [1.82, 2.24) is 0 Å². The van der Waals surface area contributed by atoms with E-state index in [1.807, 2.05) is 0 Å². The van der Waals surface area contributed by atoms with Gasteiger partial charge < -0.3 is 9.84 Å². The first-order valence-electron chi connectivity index (χ1n) is 4.65. The second-order valence-electron chi connectivity index (χ2n) is 3.31. The average molecular weight is 230 g/mol. The quantitative estimate of drug-likeness (QED) is 0.811. The summed E-state index contributed by atoms with van der Waals surface area (Å²) in [6.07, 6.45) is -3.75. The van der Waals surface area contributed by atoms with E-state index in [1.54, 1.807) is 0 Å². The first kappa shape index (κ1) is 12.6. The highest BCUT2D eigenvalue weighted by molar-refractivity contribution is 5.89. The molecule has 1 N–H and O–H groups in total. The van der Waals surface area contributed by atoms with E-state index in [0.717, 1.165) is 6.07 Å². The van der Waals surface area contributed by atoms with Gasteiger partial charge in [0.05, 0.1) is 18.8 Å². The van der Waals surface area contributed by atoms with Gasteiger partial charge in [-0.05, 0) is 24.6 Å². The van der Waals surface area contributed by atoms with Gasteiger partial charge in [-0.15, -0.1) is 0 Å². The molecule has 5 heteroatoms. The van der Waals surface area contributed by atoms with Crippen molar-refractivity contribution in [2.24, 2.45) is 0 Å². The topological polar surface area (TPSA) is 46.5 Å². The summed E-state index contributed by atoms with van der Waals surface area (Å²) in [6, 6.07) is 3.69. The molecule has 0 amide bonds. The zero-order chi connectivity index (χ0) is 12.3. The van der Waals surface area contributed by atoms with Crippen LogP contribution in [0.5, 0.6) is 0 Å². The number of alkyl halides is 2. The summed E-state index contributed by atoms with van der Waals surface area (Å²) in [5.74, 6) is -0.681. The van der Waals surface area contributed by atoms with E-state index >= 15 is 0 Å². The molecule has 0 saturated carbocycles. The predicted molar refractivity (Wildman–Crippen MR) is 53.4 cm³/mol. The number of ether oxygens (including phenoxy) is 1. The molecule has 1 atom stereocenters. The maximum atomic E-state index is 12.7. The Morgan fingerprint density at radius 1 is 1.38 bits per heavy atom. The van der Waals surface area contributed by atoms with Gasteiger partial charge in [0.25, 0.3) is 6.43 Å². The Morgan fingerprint density at radius 2 is 2.00 bits per heavy atom. The van der Waals surface area contributed by atoms with E-state index in [-0.39, 0.29) is 16.7 Å². The summed E-state index contributed by atoms with van der Waals surface area (Å²) in [6.45, 7) is 1.39. The fraction of sp³-hybridized carbons (Fsp3) is 0.364. The van der Waals surface area contributed by atoms with Crippen LogP contribution in [0.3, 0.4) is 0 Å². The molecule has 0 aliphatic rings. The lowest BCUT2D eigenvalue weighted by molar-refractivity contribution is 0.0600. The molecule has 1 rings (SSSR count). The van der Waals surface area contributed by atoms with E-state index < -0.39 is 18.5 Å².